The molecule has 6 nitrogen and oxygen atoms in total. The van der Waals surface area contributed by atoms with Gasteiger partial charge in [0, 0.05) is 57.9 Å². The normalized spacial score (nSPS) is 18.4. The standard InChI is InChI=1S/C21H32N4O2/c1-18-7-5-8-19(17-18)23-13-15-25(16-14-23)21(27)22-10-6-12-24-11-4-2-3-9-20(24)26/h5,7-8,17H,2-4,6,9-16H2,1H3,(H,22,27). The van der Waals surface area contributed by atoms with Gasteiger partial charge < -0.3 is 20.0 Å². The van der Waals surface area contributed by atoms with Gasteiger partial charge in [0.15, 0.2) is 0 Å². The highest BCUT2D eigenvalue weighted by molar-refractivity contribution is 5.76. The first kappa shape index (κ1) is 19.5. The summed E-state index contributed by atoms with van der Waals surface area (Å²) in [5, 5.41) is 3.02. The lowest BCUT2D eigenvalue weighted by Gasteiger charge is -2.36. The van der Waals surface area contributed by atoms with Crippen LogP contribution in [0.25, 0.3) is 0 Å². The van der Waals surface area contributed by atoms with E-state index in [-0.39, 0.29) is 11.9 Å². The number of hydrogen-bond acceptors (Lipinski definition) is 3. The zero-order valence-corrected chi connectivity index (χ0v) is 16.5. The second-order valence-electron chi connectivity index (χ2n) is 7.59. The number of benzene rings is 1. The molecule has 0 spiro atoms. The molecule has 0 radical (unpaired) electrons. The van der Waals surface area contributed by atoms with Crippen LogP contribution >= 0.6 is 0 Å². The first-order valence-corrected chi connectivity index (χ1v) is 10.3. The molecule has 1 N–H and O–H groups in total. The number of nitrogens with zero attached hydrogens (tertiary/aromatic N) is 3. The van der Waals surface area contributed by atoms with E-state index >= 15 is 0 Å². The average molecular weight is 373 g/mol. The number of hydrogen-bond donors (Lipinski definition) is 1. The number of likely N-dealkylation sites (tertiary alicyclic amines) is 1. The quantitative estimate of drug-likeness (QED) is 0.809. The van der Waals surface area contributed by atoms with Crippen LogP contribution in [0.15, 0.2) is 24.3 Å². The molecule has 0 aromatic heterocycles. The van der Waals surface area contributed by atoms with Crippen molar-refractivity contribution in [3.8, 4) is 0 Å². The minimum absolute atomic E-state index is 0.0149. The van der Waals surface area contributed by atoms with Crippen LogP contribution in [0.4, 0.5) is 10.5 Å². The van der Waals surface area contributed by atoms with Gasteiger partial charge in [0.25, 0.3) is 0 Å². The summed E-state index contributed by atoms with van der Waals surface area (Å²) in [5.74, 6) is 0.270. The monoisotopic (exact) mass is 372 g/mol. The predicted octanol–water partition coefficient (Wildman–Crippen LogP) is 2.62. The summed E-state index contributed by atoms with van der Waals surface area (Å²) in [7, 11) is 0. The van der Waals surface area contributed by atoms with Gasteiger partial charge in [-0.1, -0.05) is 18.6 Å². The Morgan fingerprint density at radius 2 is 1.89 bits per heavy atom. The summed E-state index contributed by atoms with van der Waals surface area (Å²) in [5.41, 5.74) is 2.49. The maximum Gasteiger partial charge on any atom is 0.317 e. The summed E-state index contributed by atoms with van der Waals surface area (Å²) in [6.45, 7) is 7.55. The van der Waals surface area contributed by atoms with Crippen molar-refractivity contribution in [3.05, 3.63) is 29.8 Å². The molecular weight excluding hydrogens is 340 g/mol. The summed E-state index contributed by atoms with van der Waals surface area (Å²) < 4.78 is 0. The molecule has 1 aromatic carbocycles. The molecule has 27 heavy (non-hydrogen) atoms. The number of urea groups is 1. The second kappa shape index (κ2) is 9.62. The van der Waals surface area contributed by atoms with Gasteiger partial charge in [-0.2, -0.15) is 0 Å². The Morgan fingerprint density at radius 3 is 2.67 bits per heavy atom. The Labute approximate surface area is 162 Å². The van der Waals surface area contributed by atoms with Crippen LogP contribution in [-0.2, 0) is 4.79 Å². The largest absolute Gasteiger partial charge is 0.368 e. The third-order valence-electron chi connectivity index (χ3n) is 5.49. The summed E-state index contributed by atoms with van der Waals surface area (Å²) >= 11 is 0. The van der Waals surface area contributed by atoms with Gasteiger partial charge in [0.05, 0.1) is 0 Å². The molecule has 2 heterocycles. The minimum atomic E-state index is 0.0149. The van der Waals surface area contributed by atoms with Crippen molar-refractivity contribution in [1.82, 2.24) is 15.1 Å². The molecule has 2 saturated heterocycles. The van der Waals surface area contributed by atoms with Crippen LogP contribution in [-0.4, -0.2) is 67.6 Å². The van der Waals surface area contributed by atoms with Gasteiger partial charge in [-0.3, -0.25) is 4.79 Å². The molecule has 0 saturated carbocycles. The van der Waals surface area contributed by atoms with E-state index in [4.69, 9.17) is 0 Å². The van der Waals surface area contributed by atoms with Crippen molar-refractivity contribution in [2.45, 2.75) is 39.0 Å². The third kappa shape index (κ3) is 5.62. The van der Waals surface area contributed by atoms with Crippen molar-refractivity contribution in [1.29, 1.82) is 0 Å². The van der Waals surface area contributed by atoms with E-state index < -0.39 is 0 Å². The third-order valence-corrected chi connectivity index (χ3v) is 5.49. The average Bonchev–Trinajstić information content (AvgIpc) is 2.89. The molecule has 3 rings (SSSR count). The summed E-state index contributed by atoms with van der Waals surface area (Å²) in [4.78, 5) is 30.6. The van der Waals surface area contributed by atoms with Gasteiger partial charge in [0.2, 0.25) is 5.91 Å². The van der Waals surface area contributed by atoms with Crippen LogP contribution in [0.1, 0.15) is 37.7 Å². The number of amides is 3. The Hall–Kier alpha value is -2.24. The number of anilines is 1. The molecule has 1 aromatic rings. The first-order valence-electron chi connectivity index (χ1n) is 10.3. The number of piperazine rings is 1. The lowest BCUT2D eigenvalue weighted by atomic mass is 10.2. The van der Waals surface area contributed by atoms with Crippen LogP contribution in [0.5, 0.6) is 0 Å². The molecule has 6 heteroatoms. The molecule has 2 aliphatic rings. The SMILES string of the molecule is Cc1cccc(N2CCN(C(=O)NCCCN3CCCCCC3=O)CC2)c1. The van der Waals surface area contributed by atoms with Crippen molar-refractivity contribution in [2.75, 3.05) is 50.7 Å². The highest BCUT2D eigenvalue weighted by Crippen LogP contribution is 2.17. The van der Waals surface area contributed by atoms with E-state index in [9.17, 15) is 9.59 Å². The number of nitrogens with one attached hydrogen (secondary N) is 1. The van der Waals surface area contributed by atoms with Crippen molar-refractivity contribution >= 4 is 17.6 Å². The van der Waals surface area contributed by atoms with Crippen molar-refractivity contribution in [2.24, 2.45) is 0 Å². The molecule has 0 aliphatic carbocycles. The first-order chi connectivity index (χ1) is 13.1. The maximum absolute atomic E-state index is 12.4. The second-order valence-corrected chi connectivity index (χ2v) is 7.59. The van der Waals surface area contributed by atoms with Gasteiger partial charge in [-0.25, -0.2) is 4.79 Å². The molecule has 0 bridgehead atoms. The van der Waals surface area contributed by atoms with Gasteiger partial charge >= 0.3 is 6.03 Å². The van der Waals surface area contributed by atoms with E-state index in [1.165, 1.54) is 11.3 Å². The van der Waals surface area contributed by atoms with Crippen LogP contribution in [0.3, 0.4) is 0 Å². The molecule has 2 aliphatic heterocycles. The number of rotatable bonds is 5. The number of carbonyl (C=O) groups excluding carboxylic acids is 2. The molecule has 0 atom stereocenters. The van der Waals surface area contributed by atoms with E-state index in [1.54, 1.807) is 0 Å². The van der Waals surface area contributed by atoms with Crippen molar-refractivity contribution < 1.29 is 9.59 Å². The van der Waals surface area contributed by atoms with Crippen LogP contribution in [0.2, 0.25) is 0 Å². The molecule has 0 unspecified atom stereocenters. The highest BCUT2D eigenvalue weighted by atomic mass is 16.2. The highest BCUT2D eigenvalue weighted by Gasteiger charge is 2.21. The molecule has 148 valence electrons. The van der Waals surface area contributed by atoms with E-state index in [0.29, 0.717) is 13.0 Å². The topological polar surface area (TPSA) is 55.9 Å². The Bertz CT molecular complexity index is 641. The van der Waals surface area contributed by atoms with Crippen LogP contribution < -0.4 is 10.2 Å². The van der Waals surface area contributed by atoms with Gasteiger partial charge in [-0.15, -0.1) is 0 Å². The summed E-state index contributed by atoms with van der Waals surface area (Å²) in [6.07, 6.45) is 4.76. The Balaban J connectivity index is 1.35. The fourth-order valence-electron chi connectivity index (χ4n) is 3.84. The smallest absolute Gasteiger partial charge is 0.317 e. The maximum atomic E-state index is 12.4. The lowest BCUT2D eigenvalue weighted by Crippen LogP contribution is -2.52. The Morgan fingerprint density at radius 1 is 1.07 bits per heavy atom. The molecular formula is C21H32N4O2. The van der Waals surface area contributed by atoms with Crippen LogP contribution in [0, 0.1) is 6.92 Å². The van der Waals surface area contributed by atoms with Gasteiger partial charge in [0.1, 0.15) is 0 Å². The predicted molar refractivity (Wildman–Crippen MR) is 108 cm³/mol. The van der Waals surface area contributed by atoms with E-state index in [2.05, 4.69) is 41.4 Å². The fraction of sp³-hybridized carbons (Fsp3) is 0.619. The Kier molecular flexibility index (Phi) is 6.96. The zero-order chi connectivity index (χ0) is 19.1. The summed E-state index contributed by atoms with van der Waals surface area (Å²) in [6, 6.07) is 8.53. The minimum Gasteiger partial charge on any atom is -0.368 e. The number of aryl methyl sites for hydroxylation is 1. The van der Waals surface area contributed by atoms with Crippen molar-refractivity contribution in [3.63, 3.8) is 0 Å². The van der Waals surface area contributed by atoms with E-state index in [1.807, 2.05) is 9.80 Å². The fourth-order valence-corrected chi connectivity index (χ4v) is 3.84. The van der Waals surface area contributed by atoms with E-state index in [0.717, 1.165) is 65.0 Å². The molecule has 3 amide bonds. The lowest BCUT2D eigenvalue weighted by molar-refractivity contribution is -0.130. The zero-order valence-electron chi connectivity index (χ0n) is 16.5. The number of carbonyl (C=O) groups is 2. The van der Waals surface area contributed by atoms with Gasteiger partial charge in [-0.05, 0) is 43.9 Å². The molecule has 2 fully saturated rings.